The van der Waals surface area contributed by atoms with E-state index in [0.29, 0.717) is 6.54 Å². The van der Waals surface area contributed by atoms with Gasteiger partial charge in [-0.05, 0) is 36.3 Å². The molecule has 1 saturated carbocycles. The van der Waals surface area contributed by atoms with E-state index in [4.69, 9.17) is 5.73 Å². The number of nitrogens with two attached hydrogens (primary N) is 1. The summed E-state index contributed by atoms with van der Waals surface area (Å²) >= 11 is 0. The molecular formula is C15H23N3. The Labute approximate surface area is 109 Å². The number of rotatable bonds is 2. The van der Waals surface area contributed by atoms with Crippen molar-refractivity contribution in [3.8, 4) is 0 Å². The third kappa shape index (κ3) is 2.37. The molecule has 3 heteroatoms. The van der Waals surface area contributed by atoms with Gasteiger partial charge in [0.2, 0.25) is 0 Å². The summed E-state index contributed by atoms with van der Waals surface area (Å²) in [6.45, 7) is 2.97. The molecule has 1 saturated heterocycles. The van der Waals surface area contributed by atoms with Gasteiger partial charge in [0.25, 0.3) is 0 Å². The van der Waals surface area contributed by atoms with Gasteiger partial charge in [0.15, 0.2) is 0 Å². The predicted octanol–water partition coefficient (Wildman–Crippen LogP) is 2.56. The van der Waals surface area contributed by atoms with Crippen LogP contribution in [0.4, 0.5) is 5.82 Å². The van der Waals surface area contributed by atoms with Gasteiger partial charge in [-0.3, -0.25) is 0 Å². The fourth-order valence-corrected chi connectivity index (χ4v) is 3.53. The second kappa shape index (κ2) is 5.27. The SMILES string of the molecule is NCc1ccc(N2CCC3CCCCC3C2)nc1. The Kier molecular flexibility index (Phi) is 3.50. The van der Waals surface area contributed by atoms with E-state index in [-0.39, 0.29) is 0 Å². The van der Waals surface area contributed by atoms with Crippen molar-refractivity contribution in [2.75, 3.05) is 18.0 Å². The van der Waals surface area contributed by atoms with Crippen molar-refractivity contribution in [1.82, 2.24) is 4.98 Å². The lowest BCUT2D eigenvalue weighted by atomic mass is 9.75. The standard InChI is InChI=1S/C15H23N3/c16-9-12-5-6-15(17-10-12)18-8-7-13-3-1-2-4-14(13)11-18/h5-6,10,13-14H,1-4,7-9,11,16H2. The van der Waals surface area contributed by atoms with Crippen molar-refractivity contribution >= 4 is 5.82 Å². The van der Waals surface area contributed by atoms with Crippen LogP contribution in [0.1, 0.15) is 37.7 Å². The molecule has 2 unspecified atom stereocenters. The highest BCUT2D eigenvalue weighted by molar-refractivity contribution is 5.40. The molecule has 0 radical (unpaired) electrons. The Morgan fingerprint density at radius 1 is 1.17 bits per heavy atom. The van der Waals surface area contributed by atoms with Crippen LogP contribution in [0.25, 0.3) is 0 Å². The first-order valence-electron chi connectivity index (χ1n) is 7.27. The minimum Gasteiger partial charge on any atom is -0.356 e. The van der Waals surface area contributed by atoms with Gasteiger partial charge >= 0.3 is 0 Å². The van der Waals surface area contributed by atoms with E-state index in [2.05, 4.69) is 22.0 Å². The molecule has 98 valence electrons. The molecule has 0 amide bonds. The van der Waals surface area contributed by atoms with Gasteiger partial charge in [-0.25, -0.2) is 4.98 Å². The molecule has 2 heterocycles. The number of hydrogen-bond donors (Lipinski definition) is 1. The van der Waals surface area contributed by atoms with E-state index in [1.54, 1.807) is 0 Å². The Morgan fingerprint density at radius 3 is 2.72 bits per heavy atom. The summed E-state index contributed by atoms with van der Waals surface area (Å²) in [5, 5.41) is 0. The Morgan fingerprint density at radius 2 is 2.00 bits per heavy atom. The molecule has 2 fully saturated rings. The van der Waals surface area contributed by atoms with Crippen molar-refractivity contribution in [3.05, 3.63) is 23.9 Å². The summed E-state index contributed by atoms with van der Waals surface area (Å²) in [6.07, 6.45) is 9.02. The monoisotopic (exact) mass is 245 g/mol. The molecule has 0 bridgehead atoms. The minimum absolute atomic E-state index is 0.581. The number of aromatic nitrogens is 1. The van der Waals surface area contributed by atoms with Gasteiger partial charge in [-0.15, -0.1) is 0 Å². The first-order valence-corrected chi connectivity index (χ1v) is 7.27. The van der Waals surface area contributed by atoms with Crippen molar-refractivity contribution in [1.29, 1.82) is 0 Å². The molecule has 1 aromatic rings. The Bertz CT molecular complexity index is 387. The average molecular weight is 245 g/mol. The van der Waals surface area contributed by atoms with Gasteiger partial charge in [0, 0.05) is 25.8 Å². The van der Waals surface area contributed by atoms with Crippen LogP contribution in [0.3, 0.4) is 0 Å². The maximum absolute atomic E-state index is 5.61. The number of fused-ring (bicyclic) bond motifs is 1. The van der Waals surface area contributed by atoms with Crippen molar-refractivity contribution in [3.63, 3.8) is 0 Å². The quantitative estimate of drug-likeness (QED) is 0.870. The molecule has 0 aromatic carbocycles. The fraction of sp³-hybridized carbons (Fsp3) is 0.667. The van der Waals surface area contributed by atoms with Crippen LogP contribution in [0, 0.1) is 11.8 Å². The van der Waals surface area contributed by atoms with Crippen LogP contribution in [-0.4, -0.2) is 18.1 Å². The first-order chi connectivity index (χ1) is 8.86. The highest BCUT2D eigenvalue weighted by Gasteiger charge is 2.31. The lowest BCUT2D eigenvalue weighted by Gasteiger charge is -2.41. The van der Waals surface area contributed by atoms with Gasteiger partial charge in [0.1, 0.15) is 5.82 Å². The first kappa shape index (κ1) is 12.0. The molecule has 0 spiro atoms. The Hall–Kier alpha value is -1.09. The molecule has 2 N–H and O–H groups in total. The maximum Gasteiger partial charge on any atom is 0.128 e. The van der Waals surface area contributed by atoms with Crippen LogP contribution in [0.15, 0.2) is 18.3 Å². The molecule has 1 aliphatic heterocycles. The number of piperidine rings is 1. The van der Waals surface area contributed by atoms with E-state index < -0.39 is 0 Å². The van der Waals surface area contributed by atoms with E-state index >= 15 is 0 Å². The smallest absolute Gasteiger partial charge is 0.128 e. The van der Waals surface area contributed by atoms with Crippen LogP contribution in [0.2, 0.25) is 0 Å². The highest BCUT2D eigenvalue weighted by Crippen LogP contribution is 2.37. The highest BCUT2D eigenvalue weighted by atomic mass is 15.2. The number of anilines is 1. The minimum atomic E-state index is 0.581. The topological polar surface area (TPSA) is 42.1 Å². The molecule has 2 aliphatic rings. The molecule has 18 heavy (non-hydrogen) atoms. The van der Waals surface area contributed by atoms with Gasteiger partial charge in [0.05, 0.1) is 0 Å². The zero-order valence-corrected chi connectivity index (χ0v) is 11.0. The third-order valence-corrected chi connectivity index (χ3v) is 4.66. The van der Waals surface area contributed by atoms with Gasteiger partial charge in [-0.1, -0.05) is 25.3 Å². The summed E-state index contributed by atoms with van der Waals surface area (Å²) in [5.41, 5.74) is 6.73. The van der Waals surface area contributed by atoms with Gasteiger partial charge < -0.3 is 10.6 Å². The fourth-order valence-electron chi connectivity index (χ4n) is 3.53. The van der Waals surface area contributed by atoms with E-state index in [1.165, 1.54) is 45.2 Å². The van der Waals surface area contributed by atoms with Crippen molar-refractivity contribution < 1.29 is 0 Å². The lowest BCUT2D eigenvalue weighted by Crippen LogP contribution is -2.42. The van der Waals surface area contributed by atoms with E-state index in [9.17, 15) is 0 Å². The van der Waals surface area contributed by atoms with E-state index in [0.717, 1.165) is 23.2 Å². The molecule has 3 rings (SSSR count). The molecule has 3 nitrogen and oxygen atoms in total. The third-order valence-electron chi connectivity index (χ3n) is 4.66. The van der Waals surface area contributed by atoms with Crippen molar-refractivity contribution in [2.24, 2.45) is 17.6 Å². The average Bonchev–Trinajstić information content (AvgIpc) is 2.47. The summed E-state index contributed by atoms with van der Waals surface area (Å²) in [7, 11) is 0. The molecule has 2 atom stereocenters. The summed E-state index contributed by atoms with van der Waals surface area (Å²) in [5.74, 6) is 3.03. The summed E-state index contributed by atoms with van der Waals surface area (Å²) < 4.78 is 0. The summed E-state index contributed by atoms with van der Waals surface area (Å²) in [6, 6.07) is 4.24. The van der Waals surface area contributed by atoms with Crippen LogP contribution in [0.5, 0.6) is 0 Å². The predicted molar refractivity (Wildman–Crippen MR) is 74.4 cm³/mol. The number of pyridine rings is 1. The van der Waals surface area contributed by atoms with E-state index in [1.807, 2.05) is 6.20 Å². The molecule has 1 aliphatic carbocycles. The van der Waals surface area contributed by atoms with Crippen LogP contribution in [-0.2, 0) is 6.54 Å². The Balaban J connectivity index is 1.69. The molecular weight excluding hydrogens is 222 g/mol. The molecule has 1 aromatic heterocycles. The van der Waals surface area contributed by atoms with Crippen LogP contribution >= 0.6 is 0 Å². The summed E-state index contributed by atoms with van der Waals surface area (Å²) in [4.78, 5) is 7.02. The maximum atomic E-state index is 5.61. The number of nitrogens with zero attached hydrogens (tertiary/aromatic N) is 2. The van der Waals surface area contributed by atoms with Crippen LogP contribution < -0.4 is 10.6 Å². The lowest BCUT2D eigenvalue weighted by molar-refractivity contribution is 0.202. The number of hydrogen-bond acceptors (Lipinski definition) is 3. The normalized spacial score (nSPS) is 27.9. The van der Waals surface area contributed by atoms with Gasteiger partial charge in [-0.2, -0.15) is 0 Å². The second-order valence-corrected chi connectivity index (χ2v) is 5.77. The zero-order valence-electron chi connectivity index (χ0n) is 11.0. The zero-order chi connectivity index (χ0) is 12.4. The second-order valence-electron chi connectivity index (χ2n) is 5.77. The largest absolute Gasteiger partial charge is 0.356 e. The van der Waals surface area contributed by atoms with Crippen molar-refractivity contribution in [2.45, 2.75) is 38.6 Å².